The van der Waals surface area contributed by atoms with E-state index >= 15 is 0 Å². The van der Waals surface area contributed by atoms with E-state index in [0.717, 1.165) is 45.7 Å². The summed E-state index contributed by atoms with van der Waals surface area (Å²) in [6.45, 7) is 6.17. The molecular weight excluding hydrogens is 160 g/mol. The topological polar surface area (TPSA) is 6.48 Å². The Morgan fingerprint density at radius 3 is 2.08 bits per heavy atom. The molecule has 0 aliphatic carbocycles. The van der Waals surface area contributed by atoms with Gasteiger partial charge in [-0.2, -0.15) is 0 Å². The van der Waals surface area contributed by atoms with E-state index in [1.54, 1.807) is 0 Å². The molecule has 2 nitrogen and oxygen atoms in total. The predicted octanol–water partition coefficient (Wildman–Crippen LogP) is 0.260. The summed E-state index contributed by atoms with van der Waals surface area (Å²) in [5, 5.41) is 0. The van der Waals surface area contributed by atoms with E-state index in [2.05, 4.69) is 21.6 Å². The summed E-state index contributed by atoms with van der Waals surface area (Å²) in [5.74, 6) is 5.33. The molecule has 1 fully saturated rings. The van der Waals surface area contributed by atoms with Crippen molar-refractivity contribution in [2.75, 3.05) is 39.3 Å². The van der Waals surface area contributed by atoms with Gasteiger partial charge >= 0.3 is 0 Å². The molecule has 0 radical (unpaired) electrons. The summed E-state index contributed by atoms with van der Waals surface area (Å²) in [6, 6.07) is 0. The van der Waals surface area contributed by atoms with Crippen molar-refractivity contribution in [3.8, 4) is 24.7 Å². The molecule has 0 spiro atoms. The van der Waals surface area contributed by atoms with Crippen LogP contribution in [0, 0.1) is 24.7 Å². The smallest absolute Gasteiger partial charge is 0.0599 e. The zero-order valence-electron chi connectivity index (χ0n) is 8.00. The van der Waals surface area contributed by atoms with E-state index in [1.807, 2.05) is 0 Å². The fourth-order valence-corrected chi connectivity index (χ4v) is 1.52. The average Bonchev–Trinajstić information content (AvgIpc) is 2.17. The van der Waals surface area contributed by atoms with E-state index in [1.165, 1.54) is 0 Å². The van der Waals surface area contributed by atoms with E-state index < -0.39 is 0 Å². The number of nitrogens with zero attached hydrogens (tertiary/aromatic N) is 2. The maximum absolute atomic E-state index is 5.24. The first kappa shape index (κ1) is 10.1. The summed E-state index contributed by atoms with van der Waals surface area (Å²) in [5.41, 5.74) is 0. The van der Waals surface area contributed by atoms with E-state index in [9.17, 15) is 0 Å². The van der Waals surface area contributed by atoms with Gasteiger partial charge < -0.3 is 0 Å². The van der Waals surface area contributed by atoms with Crippen molar-refractivity contribution in [1.82, 2.24) is 9.80 Å². The molecule has 1 rings (SSSR count). The van der Waals surface area contributed by atoms with Crippen molar-refractivity contribution < 1.29 is 0 Å². The summed E-state index contributed by atoms with van der Waals surface area (Å²) < 4.78 is 0. The molecule has 2 heteroatoms. The van der Waals surface area contributed by atoms with Gasteiger partial charge in [0.15, 0.2) is 0 Å². The van der Waals surface area contributed by atoms with Crippen LogP contribution in [0.1, 0.15) is 6.42 Å². The molecule has 0 bridgehead atoms. The van der Waals surface area contributed by atoms with Crippen molar-refractivity contribution in [3.05, 3.63) is 0 Å². The number of piperazine rings is 1. The lowest BCUT2D eigenvalue weighted by Crippen LogP contribution is -2.46. The van der Waals surface area contributed by atoms with Crippen LogP contribution in [0.4, 0.5) is 0 Å². The van der Waals surface area contributed by atoms with Crippen molar-refractivity contribution in [2.45, 2.75) is 6.42 Å². The minimum atomic E-state index is 0.781. The van der Waals surface area contributed by atoms with Gasteiger partial charge in [-0.3, -0.25) is 9.80 Å². The molecule has 70 valence electrons. The number of hydrogen-bond donors (Lipinski definition) is 0. The van der Waals surface area contributed by atoms with E-state index in [0.29, 0.717) is 0 Å². The molecule has 0 aromatic heterocycles. The van der Waals surface area contributed by atoms with Crippen LogP contribution in [-0.4, -0.2) is 49.1 Å². The van der Waals surface area contributed by atoms with Crippen LogP contribution in [0.2, 0.25) is 0 Å². The average molecular weight is 176 g/mol. The minimum absolute atomic E-state index is 0.781. The molecular formula is C11H16N2. The van der Waals surface area contributed by atoms with Gasteiger partial charge in [0, 0.05) is 39.1 Å². The maximum atomic E-state index is 5.24. The zero-order valence-corrected chi connectivity index (χ0v) is 8.00. The molecule has 0 saturated carbocycles. The molecule has 0 unspecified atom stereocenters. The molecule has 1 aliphatic rings. The molecule has 1 heterocycles. The number of rotatable bonds is 3. The maximum Gasteiger partial charge on any atom is 0.0599 e. The monoisotopic (exact) mass is 176 g/mol. The van der Waals surface area contributed by atoms with Crippen molar-refractivity contribution in [1.29, 1.82) is 0 Å². The molecule has 1 saturated heterocycles. The molecule has 0 aromatic carbocycles. The molecule has 13 heavy (non-hydrogen) atoms. The highest BCUT2D eigenvalue weighted by molar-refractivity contribution is 4.90. The Morgan fingerprint density at radius 1 is 0.923 bits per heavy atom. The lowest BCUT2D eigenvalue weighted by Gasteiger charge is -2.33. The Hall–Kier alpha value is -0.960. The van der Waals surface area contributed by atoms with Crippen LogP contribution in [-0.2, 0) is 0 Å². The van der Waals surface area contributed by atoms with Gasteiger partial charge in [0.2, 0.25) is 0 Å². The quantitative estimate of drug-likeness (QED) is 0.569. The second-order valence-corrected chi connectivity index (χ2v) is 3.28. The Balaban J connectivity index is 2.16. The molecule has 0 N–H and O–H groups in total. The summed E-state index contributed by atoms with van der Waals surface area (Å²) >= 11 is 0. The Labute approximate surface area is 80.9 Å². The highest BCUT2D eigenvalue weighted by Gasteiger charge is 2.14. The van der Waals surface area contributed by atoms with Crippen LogP contribution in [0.5, 0.6) is 0 Å². The van der Waals surface area contributed by atoms with Crippen LogP contribution in [0.25, 0.3) is 0 Å². The first-order valence-electron chi connectivity index (χ1n) is 4.68. The fourth-order valence-electron chi connectivity index (χ4n) is 1.52. The van der Waals surface area contributed by atoms with Gasteiger partial charge in [-0.15, -0.1) is 18.8 Å². The number of hydrogen-bond acceptors (Lipinski definition) is 2. The van der Waals surface area contributed by atoms with Crippen molar-refractivity contribution in [3.63, 3.8) is 0 Å². The van der Waals surface area contributed by atoms with Crippen LogP contribution < -0.4 is 0 Å². The van der Waals surface area contributed by atoms with Crippen LogP contribution >= 0.6 is 0 Å². The number of terminal acetylenes is 2. The summed E-state index contributed by atoms with van der Waals surface area (Å²) in [4.78, 5) is 4.69. The first-order chi connectivity index (χ1) is 6.36. The Morgan fingerprint density at radius 2 is 1.54 bits per heavy atom. The van der Waals surface area contributed by atoms with Gasteiger partial charge in [-0.1, -0.05) is 5.92 Å². The summed E-state index contributed by atoms with van der Waals surface area (Å²) in [6.07, 6.45) is 11.3. The Bertz CT molecular complexity index is 213. The normalized spacial score (nSPS) is 19.2. The zero-order chi connectivity index (χ0) is 9.52. The lowest BCUT2D eigenvalue weighted by molar-refractivity contribution is 0.146. The highest BCUT2D eigenvalue weighted by atomic mass is 15.3. The van der Waals surface area contributed by atoms with Gasteiger partial charge in [0.05, 0.1) is 6.54 Å². The minimum Gasteiger partial charge on any atom is -0.300 e. The fraction of sp³-hybridized carbons (Fsp3) is 0.636. The third-order valence-corrected chi connectivity index (χ3v) is 2.35. The largest absolute Gasteiger partial charge is 0.300 e. The van der Waals surface area contributed by atoms with Crippen LogP contribution in [0.15, 0.2) is 0 Å². The molecule has 0 amide bonds. The first-order valence-corrected chi connectivity index (χ1v) is 4.68. The third kappa shape index (κ3) is 3.51. The Kier molecular flexibility index (Phi) is 4.40. The van der Waals surface area contributed by atoms with E-state index in [-0.39, 0.29) is 0 Å². The second kappa shape index (κ2) is 5.65. The second-order valence-electron chi connectivity index (χ2n) is 3.28. The highest BCUT2D eigenvalue weighted by Crippen LogP contribution is 2.01. The van der Waals surface area contributed by atoms with Gasteiger partial charge in [-0.25, -0.2) is 0 Å². The SMILES string of the molecule is C#CCCN1CCN(CC#C)CC1. The predicted molar refractivity (Wildman–Crippen MR) is 55.2 cm³/mol. The van der Waals surface area contributed by atoms with Crippen molar-refractivity contribution >= 4 is 0 Å². The standard InChI is InChI=1S/C11H16N2/c1-3-5-7-13-10-8-12(6-4-2)9-11-13/h1-2H,5-11H2. The van der Waals surface area contributed by atoms with Crippen molar-refractivity contribution in [2.24, 2.45) is 0 Å². The lowest BCUT2D eigenvalue weighted by atomic mass is 10.3. The third-order valence-electron chi connectivity index (χ3n) is 2.35. The van der Waals surface area contributed by atoms with Crippen LogP contribution in [0.3, 0.4) is 0 Å². The van der Waals surface area contributed by atoms with E-state index in [4.69, 9.17) is 12.8 Å². The van der Waals surface area contributed by atoms with Gasteiger partial charge in [0.25, 0.3) is 0 Å². The van der Waals surface area contributed by atoms with Gasteiger partial charge in [-0.05, 0) is 0 Å². The summed E-state index contributed by atoms with van der Waals surface area (Å²) in [7, 11) is 0. The van der Waals surface area contributed by atoms with Gasteiger partial charge in [0.1, 0.15) is 0 Å². The molecule has 1 aliphatic heterocycles. The molecule has 0 atom stereocenters. The molecule has 0 aromatic rings.